The standard InChI is InChI=1S/C15H26N4OS/c1-5-16-14(18-10-15(4)7-6-8-21-15)17-9-13-19-11(2)12(3)20-13/h5-10H2,1-4H3,(H2,16,17,18). The molecule has 1 fully saturated rings. The molecule has 6 heteroatoms. The van der Waals surface area contributed by atoms with Crippen molar-refractivity contribution in [2.24, 2.45) is 4.99 Å². The van der Waals surface area contributed by atoms with Crippen molar-refractivity contribution >= 4 is 17.7 Å². The Balaban J connectivity index is 1.92. The summed E-state index contributed by atoms with van der Waals surface area (Å²) < 4.78 is 5.89. The fourth-order valence-corrected chi connectivity index (χ4v) is 3.59. The van der Waals surface area contributed by atoms with Crippen molar-refractivity contribution in [1.82, 2.24) is 15.6 Å². The average Bonchev–Trinajstić information content (AvgIpc) is 3.01. The molecule has 1 unspecified atom stereocenters. The lowest BCUT2D eigenvalue weighted by Gasteiger charge is -2.24. The SMILES string of the molecule is CCNC(=NCc1nc(C)c(C)o1)NCC1(C)CCCS1. The molecule has 0 amide bonds. The van der Waals surface area contributed by atoms with Crippen molar-refractivity contribution < 1.29 is 4.42 Å². The summed E-state index contributed by atoms with van der Waals surface area (Å²) in [5.74, 6) is 3.64. The van der Waals surface area contributed by atoms with E-state index in [2.05, 4.69) is 34.5 Å². The molecular formula is C15H26N4OS. The first-order valence-corrected chi connectivity index (χ1v) is 8.60. The predicted octanol–water partition coefficient (Wildman–Crippen LogP) is 2.63. The third-order valence-corrected chi connectivity index (χ3v) is 5.26. The van der Waals surface area contributed by atoms with Crippen LogP contribution >= 0.6 is 11.8 Å². The fraction of sp³-hybridized carbons (Fsp3) is 0.733. The van der Waals surface area contributed by atoms with Gasteiger partial charge in [-0.15, -0.1) is 0 Å². The number of nitrogens with one attached hydrogen (secondary N) is 2. The second-order valence-electron chi connectivity index (χ2n) is 5.70. The summed E-state index contributed by atoms with van der Waals surface area (Å²) >= 11 is 2.05. The van der Waals surface area contributed by atoms with Gasteiger partial charge in [0.1, 0.15) is 12.3 Å². The first-order chi connectivity index (χ1) is 10.0. The smallest absolute Gasteiger partial charge is 0.216 e. The van der Waals surface area contributed by atoms with Gasteiger partial charge in [0.25, 0.3) is 0 Å². The number of thioether (sulfide) groups is 1. The van der Waals surface area contributed by atoms with Gasteiger partial charge >= 0.3 is 0 Å². The number of aromatic nitrogens is 1. The quantitative estimate of drug-likeness (QED) is 0.646. The Kier molecular flexibility index (Phi) is 5.56. The van der Waals surface area contributed by atoms with Crippen LogP contribution < -0.4 is 10.6 Å². The van der Waals surface area contributed by atoms with Crippen LogP contribution in [-0.2, 0) is 6.54 Å². The second-order valence-corrected chi connectivity index (χ2v) is 7.38. The zero-order valence-corrected chi connectivity index (χ0v) is 14.3. The normalized spacial score (nSPS) is 22.6. The highest BCUT2D eigenvalue weighted by Gasteiger charge is 2.29. The molecule has 5 nitrogen and oxygen atoms in total. The molecule has 0 spiro atoms. The molecule has 1 aliphatic rings. The number of hydrogen-bond donors (Lipinski definition) is 2. The summed E-state index contributed by atoms with van der Waals surface area (Å²) in [7, 11) is 0. The van der Waals surface area contributed by atoms with Crippen molar-refractivity contribution in [3.63, 3.8) is 0 Å². The van der Waals surface area contributed by atoms with Gasteiger partial charge in [-0.05, 0) is 46.3 Å². The minimum atomic E-state index is 0.326. The van der Waals surface area contributed by atoms with Gasteiger partial charge < -0.3 is 15.1 Å². The Hall–Kier alpha value is -1.17. The highest BCUT2D eigenvalue weighted by atomic mass is 32.2. The van der Waals surface area contributed by atoms with Crippen molar-refractivity contribution in [3.8, 4) is 0 Å². The van der Waals surface area contributed by atoms with E-state index in [1.807, 2.05) is 25.6 Å². The first-order valence-electron chi connectivity index (χ1n) is 7.61. The van der Waals surface area contributed by atoms with Gasteiger partial charge in [0.05, 0.1) is 5.69 Å². The number of nitrogens with zero attached hydrogens (tertiary/aromatic N) is 2. The molecule has 1 saturated heterocycles. The summed E-state index contributed by atoms with van der Waals surface area (Å²) in [6.07, 6.45) is 2.58. The van der Waals surface area contributed by atoms with Gasteiger partial charge in [0.15, 0.2) is 5.96 Å². The van der Waals surface area contributed by atoms with Gasteiger partial charge in [-0.1, -0.05) is 0 Å². The molecule has 0 aliphatic carbocycles. The summed E-state index contributed by atoms with van der Waals surface area (Å²) in [5, 5.41) is 6.72. The molecule has 118 valence electrons. The first kappa shape index (κ1) is 16.2. The maximum atomic E-state index is 5.56. The lowest BCUT2D eigenvalue weighted by Crippen LogP contribution is -2.43. The van der Waals surface area contributed by atoms with E-state index in [-0.39, 0.29) is 0 Å². The molecule has 1 aromatic rings. The lowest BCUT2D eigenvalue weighted by molar-refractivity contribution is 0.472. The van der Waals surface area contributed by atoms with Crippen LogP contribution in [-0.4, -0.2) is 34.5 Å². The van der Waals surface area contributed by atoms with Crippen LogP contribution in [0.25, 0.3) is 0 Å². The maximum absolute atomic E-state index is 5.56. The zero-order valence-electron chi connectivity index (χ0n) is 13.5. The van der Waals surface area contributed by atoms with Crippen LogP contribution in [0.2, 0.25) is 0 Å². The molecule has 0 saturated carbocycles. The van der Waals surface area contributed by atoms with Crippen LogP contribution in [0.15, 0.2) is 9.41 Å². The van der Waals surface area contributed by atoms with E-state index in [0.29, 0.717) is 17.2 Å². The summed E-state index contributed by atoms with van der Waals surface area (Å²) in [5.41, 5.74) is 0.938. The molecule has 0 radical (unpaired) electrons. The van der Waals surface area contributed by atoms with Crippen molar-refractivity contribution in [2.75, 3.05) is 18.8 Å². The van der Waals surface area contributed by atoms with Gasteiger partial charge in [0.2, 0.25) is 5.89 Å². The molecule has 2 N–H and O–H groups in total. The van der Waals surface area contributed by atoms with Crippen LogP contribution in [0.3, 0.4) is 0 Å². The van der Waals surface area contributed by atoms with E-state index < -0.39 is 0 Å². The number of aryl methyl sites for hydroxylation is 2. The fourth-order valence-electron chi connectivity index (χ4n) is 2.34. The van der Waals surface area contributed by atoms with E-state index in [0.717, 1.165) is 30.5 Å². The van der Waals surface area contributed by atoms with Gasteiger partial charge in [-0.3, -0.25) is 0 Å². The van der Waals surface area contributed by atoms with E-state index in [1.54, 1.807) is 0 Å². The summed E-state index contributed by atoms with van der Waals surface area (Å²) in [6.45, 7) is 10.5. The third kappa shape index (κ3) is 4.66. The highest BCUT2D eigenvalue weighted by Crippen LogP contribution is 2.36. The monoisotopic (exact) mass is 310 g/mol. The molecule has 1 aliphatic heterocycles. The van der Waals surface area contributed by atoms with Gasteiger partial charge in [-0.2, -0.15) is 11.8 Å². The van der Waals surface area contributed by atoms with Crippen LogP contribution in [0.1, 0.15) is 44.0 Å². The molecule has 0 bridgehead atoms. The van der Waals surface area contributed by atoms with Crippen molar-refractivity contribution in [3.05, 3.63) is 17.3 Å². The number of hydrogen-bond acceptors (Lipinski definition) is 4. The molecule has 0 aromatic carbocycles. The predicted molar refractivity (Wildman–Crippen MR) is 88.9 cm³/mol. The largest absolute Gasteiger partial charge is 0.444 e. The topological polar surface area (TPSA) is 62.5 Å². The number of oxazole rings is 1. The van der Waals surface area contributed by atoms with Crippen LogP contribution in [0.4, 0.5) is 0 Å². The average molecular weight is 310 g/mol. The minimum Gasteiger partial charge on any atom is -0.444 e. The third-order valence-electron chi connectivity index (χ3n) is 3.72. The Bertz CT molecular complexity index is 472. The highest BCUT2D eigenvalue weighted by molar-refractivity contribution is 8.00. The number of aliphatic imine (C=N–C) groups is 1. The second kappa shape index (κ2) is 7.20. The van der Waals surface area contributed by atoms with Gasteiger partial charge in [-0.25, -0.2) is 9.98 Å². The molecule has 1 aromatic heterocycles. The zero-order chi connectivity index (χ0) is 15.3. The van der Waals surface area contributed by atoms with E-state index in [4.69, 9.17) is 4.42 Å². The van der Waals surface area contributed by atoms with E-state index in [1.165, 1.54) is 18.6 Å². The van der Waals surface area contributed by atoms with Crippen LogP contribution in [0, 0.1) is 13.8 Å². The van der Waals surface area contributed by atoms with E-state index >= 15 is 0 Å². The maximum Gasteiger partial charge on any atom is 0.216 e. The molecule has 2 heterocycles. The Morgan fingerprint density at radius 1 is 1.43 bits per heavy atom. The molecule has 1 atom stereocenters. The van der Waals surface area contributed by atoms with Crippen molar-refractivity contribution in [1.29, 1.82) is 0 Å². The Morgan fingerprint density at radius 3 is 2.81 bits per heavy atom. The summed E-state index contributed by atoms with van der Waals surface area (Å²) in [4.78, 5) is 8.92. The van der Waals surface area contributed by atoms with Crippen molar-refractivity contribution in [2.45, 2.75) is 51.8 Å². The molecule has 21 heavy (non-hydrogen) atoms. The number of guanidine groups is 1. The Labute approximate surface area is 131 Å². The lowest BCUT2D eigenvalue weighted by atomic mass is 10.1. The van der Waals surface area contributed by atoms with Crippen LogP contribution in [0.5, 0.6) is 0 Å². The van der Waals surface area contributed by atoms with Gasteiger partial charge in [0, 0.05) is 17.8 Å². The minimum absolute atomic E-state index is 0.326. The molecule has 2 rings (SSSR count). The number of rotatable bonds is 5. The summed E-state index contributed by atoms with van der Waals surface area (Å²) in [6, 6.07) is 0. The van der Waals surface area contributed by atoms with E-state index in [9.17, 15) is 0 Å². The molecular weight excluding hydrogens is 284 g/mol. The Morgan fingerprint density at radius 2 is 2.24 bits per heavy atom.